The van der Waals surface area contributed by atoms with Gasteiger partial charge >= 0.3 is 6.09 Å². The molecule has 0 aliphatic heterocycles. The Morgan fingerprint density at radius 1 is 1.00 bits per heavy atom. The SMILES string of the molecule is COC(=O)N=c1n(C)c2ccccc2n1CC(=O)c1ccccc1. The molecular weight excluding hydrogens is 306 g/mol. The van der Waals surface area contributed by atoms with E-state index >= 15 is 0 Å². The Balaban J connectivity index is 2.15. The maximum absolute atomic E-state index is 12.6. The number of imidazole rings is 1. The Kier molecular flexibility index (Phi) is 4.29. The predicted molar refractivity (Wildman–Crippen MR) is 89.6 cm³/mol. The van der Waals surface area contributed by atoms with Crippen molar-refractivity contribution in [3.63, 3.8) is 0 Å². The van der Waals surface area contributed by atoms with Crippen molar-refractivity contribution in [3.05, 3.63) is 65.8 Å². The molecule has 0 atom stereocenters. The third kappa shape index (κ3) is 2.86. The molecule has 6 nitrogen and oxygen atoms in total. The Hall–Kier alpha value is -3.15. The molecule has 0 N–H and O–H groups in total. The lowest BCUT2D eigenvalue weighted by Gasteiger charge is -2.04. The minimum absolute atomic E-state index is 0.0572. The summed E-state index contributed by atoms with van der Waals surface area (Å²) in [6.45, 7) is 0.0845. The quantitative estimate of drug-likeness (QED) is 0.696. The molecule has 0 aliphatic rings. The normalized spacial score (nSPS) is 11.7. The van der Waals surface area contributed by atoms with Crippen LogP contribution in [0.1, 0.15) is 10.4 Å². The molecule has 0 aliphatic carbocycles. The molecule has 1 heterocycles. The zero-order valence-electron chi connectivity index (χ0n) is 13.5. The van der Waals surface area contributed by atoms with Gasteiger partial charge in [-0.1, -0.05) is 42.5 Å². The molecule has 3 aromatic rings. The highest BCUT2D eigenvalue weighted by atomic mass is 16.5. The van der Waals surface area contributed by atoms with Crippen LogP contribution >= 0.6 is 0 Å². The zero-order chi connectivity index (χ0) is 17.1. The second-order valence-electron chi connectivity index (χ2n) is 5.30. The highest BCUT2D eigenvalue weighted by Crippen LogP contribution is 2.13. The van der Waals surface area contributed by atoms with Crippen LogP contribution in [0.4, 0.5) is 4.79 Å². The lowest BCUT2D eigenvalue weighted by atomic mass is 10.1. The predicted octanol–water partition coefficient (Wildman–Crippen LogP) is 2.53. The van der Waals surface area contributed by atoms with Gasteiger partial charge in [0.2, 0.25) is 5.62 Å². The van der Waals surface area contributed by atoms with Gasteiger partial charge in [-0.15, -0.1) is 4.99 Å². The fraction of sp³-hybridized carbons (Fsp3) is 0.167. The molecule has 0 radical (unpaired) electrons. The van der Waals surface area contributed by atoms with Crippen LogP contribution in [0.5, 0.6) is 0 Å². The standard InChI is InChI=1S/C18H17N3O3/c1-20-14-10-6-7-11-15(14)21(17(20)19-18(23)24-2)12-16(22)13-8-4-3-5-9-13/h3-11H,12H2,1-2H3. The van der Waals surface area contributed by atoms with E-state index < -0.39 is 6.09 Å². The number of hydrogen-bond donors (Lipinski definition) is 0. The first kappa shape index (κ1) is 15.7. The molecule has 0 spiro atoms. The van der Waals surface area contributed by atoms with Crippen molar-refractivity contribution >= 4 is 22.9 Å². The molecule has 0 saturated heterocycles. The number of rotatable bonds is 3. The van der Waals surface area contributed by atoms with Crippen LogP contribution in [0.2, 0.25) is 0 Å². The largest absolute Gasteiger partial charge is 0.451 e. The summed E-state index contributed by atoms with van der Waals surface area (Å²) in [5.74, 6) is -0.0572. The summed E-state index contributed by atoms with van der Waals surface area (Å²) in [6, 6.07) is 16.6. The van der Waals surface area contributed by atoms with Gasteiger partial charge in [0, 0.05) is 12.6 Å². The van der Waals surface area contributed by atoms with E-state index in [1.807, 2.05) is 42.5 Å². The second kappa shape index (κ2) is 6.54. The molecule has 1 amide bonds. The summed E-state index contributed by atoms with van der Waals surface area (Å²) in [5, 5.41) is 0. The van der Waals surface area contributed by atoms with E-state index in [9.17, 15) is 9.59 Å². The number of carbonyl (C=O) groups excluding carboxylic acids is 2. The number of nitrogens with zero attached hydrogens (tertiary/aromatic N) is 3. The van der Waals surface area contributed by atoms with Crippen molar-refractivity contribution in [1.82, 2.24) is 9.13 Å². The number of Topliss-reactive ketones (excluding diaryl/α,β-unsaturated/α-hetero) is 1. The first-order chi connectivity index (χ1) is 11.6. The molecule has 2 aromatic carbocycles. The van der Waals surface area contributed by atoms with Gasteiger partial charge in [-0.25, -0.2) is 4.79 Å². The lowest BCUT2D eigenvalue weighted by Crippen LogP contribution is -2.28. The van der Waals surface area contributed by atoms with E-state index in [0.717, 1.165) is 11.0 Å². The smallest absolute Gasteiger partial charge is 0.436 e. The average molecular weight is 323 g/mol. The third-order valence-corrected chi connectivity index (χ3v) is 3.84. The van der Waals surface area contributed by atoms with Gasteiger partial charge in [0.15, 0.2) is 5.78 Å². The van der Waals surface area contributed by atoms with E-state index in [0.29, 0.717) is 11.2 Å². The number of hydrogen-bond acceptors (Lipinski definition) is 3. The van der Waals surface area contributed by atoms with Crippen LogP contribution < -0.4 is 5.62 Å². The van der Waals surface area contributed by atoms with Gasteiger partial charge in [-0.3, -0.25) is 4.79 Å². The molecule has 6 heteroatoms. The highest BCUT2D eigenvalue weighted by Gasteiger charge is 2.14. The van der Waals surface area contributed by atoms with Gasteiger partial charge in [-0.05, 0) is 12.1 Å². The van der Waals surface area contributed by atoms with Crippen molar-refractivity contribution in [2.45, 2.75) is 6.54 Å². The molecule has 24 heavy (non-hydrogen) atoms. The van der Waals surface area contributed by atoms with Crippen LogP contribution in [0.3, 0.4) is 0 Å². The monoisotopic (exact) mass is 323 g/mol. The van der Waals surface area contributed by atoms with Gasteiger partial charge in [0.25, 0.3) is 0 Å². The highest BCUT2D eigenvalue weighted by molar-refractivity contribution is 5.96. The number of aryl methyl sites for hydroxylation is 1. The maximum Gasteiger partial charge on any atom is 0.436 e. The Morgan fingerprint density at radius 2 is 1.62 bits per heavy atom. The maximum atomic E-state index is 12.6. The average Bonchev–Trinajstić information content (AvgIpc) is 2.88. The second-order valence-corrected chi connectivity index (χ2v) is 5.30. The Morgan fingerprint density at radius 3 is 2.29 bits per heavy atom. The number of amides is 1. The van der Waals surface area contributed by atoms with E-state index in [1.165, 1.54) is 7.11 Å². The van der Waals surface area contributed by atoms with Crippen molar-refractivity contribution < 1.29 is 14.3 Å². The van der Waals surface area contributed by atoms with E-state index in [2.05, 4.69) is 9.73 Å². The molecule has 0 bridgehead atoms. The molecule has 0 saturated carbocycles. The topological polar surface area (TPSA) is 65.6 Å². The van der Waals surface area contributed by atoms with Crippen molar-refractivity contribution in [2.75, 3.05) is 7.11 Å². The number of aromatic nitrogens is 2. The van der Waals surface area contributed by atoms with E-state index in [4.69, 9.17) is 0 Å². The molecule has 0 fully saturated rings. The van der Waals surface area contributed by atoms with Crippen molar-refractivity contribution in [1.29, 1.82) is 0 Å². The van der Waals surface area contributed by atoms with Gasteiger partial charge in [-0.2, -0.15) is 0 Å². The number of carbonyl (C=O) groups is 2. The van der Waals surface area contributed by atoms with Crippen molar-refractivity contribution in [3.8, 4) is 0 Å². The summed E-state index contributed by atoms with van der Waals surface area (Å²) < 4.78 is 8.12. The number of ketones is 1. The number of ether oxygens (including phenoxy) is 1. The minimum atomic E-state index is -0.707. The molecule has 1 aromatic heterocycles. The van der Waals surface area contributed by atoms with Crippen LogP contribution in [-0.2, 0) is 18.3 Å². The van der Waals surface area contributed by atoms with Crippen molar-refractivity contribution in [2.24, 2.45) is 12.0 Å². The summed E-state index contributed by atoms with van der Waals surface area (Å²) in [7, 11) is 3.07. The first-order valence-electron chi connectivity index (χ1n) is 7.47. The summed E-state index contributed by atoms with van der Waals surface area (Å²) in [5.41, 5.74) is 2.68. The van der Waals surface area contributed by atoms with E-state index in [1.54, 1.807) is 28.3 Å². The molecule has 122 valence electrons. The Bertz CT molecular complexity index is 968. The molecule has 3 rings (SSSR count). The fourth-order valence-electron chi connectivity index (χ4n) is 2.65. The molecule has 0 unspecified atom stereocenters. The fourth-order valence-corrected chi connectivity index (χ4v) is 2.65. The number of para-hydroxylation sites is 2. The summed E-state index contributed by atoms with van der Waals surface area (Å²) in [4.78, 5) is 28.2. The summed E-state index contributed by atoms with van der Waals surface area (Å²) >= 11 is 0. The number of benzene rings is 2. The minimum Gasteiger partial charge on any atom is -0.451 e. The lowest BCUT2D eigenvalue weighted by molar-refractivity contribution is 0.0971. The van der Waals surface area contributed by atoms with Gasteiger partial charge in [0.1, 0.15) is 0 Å². The third-order valence-electron chi connectivity index (χ3n) is 3.84. The van der Waals surface area contributed by atoms with Gasteiger partial charge < -0.3 is 13.9 Å². The number of fused-ring (bicyclic) bond motifs is 1. The first-order valence-corrected chi connectivity index (χ1v) is 7.47. The van der Waals surface area contributed by atoms with Crippen LogP contribution in [-0.4, -0.2) is 28.1 Å². The van der Waals surface area contributed by atoms with Gasteiger partial charge in [0.05, 0.1) is 24.7 Å². The Labute approximate surface area is 138 Å². The van der Waals surface area contributed by atoms with Crippen LogP contribution in [0.25, 0.3) is 11.0 Å². The van der Waals surface area contributed by atoms with Crippen LogP contribution in [0.15, 0.2) is 59.6 Å². The molecular formula is C18H17N3O3. The summed E-state index contributed by atoms with van der Waals surface area (Å²) in [6.07, 6.45) is -0.707. The zero-order valence-corrected chi connectivity index (χ0v) is 13.5. The number of methoxy groups -OCH3 is 1. The van der Waals surface area contributed by atoms with Crippen LogP contribution in [0, 0.1) is 0 Å². The van der Waals surface area contributed by atoms with E-state index in [-0.39, 0.29) is 12.3 Å².